The quantitative estimate of drug-likeness (QED) is 0.769. The topological polar surface area (TPSA) is 46.2 Å². The van der Waals surface area contributed by atoms with Crippen molar-refractivity contribution in [3.63, 3.8) is 0 Å². The van der Waals surface area contributed by atoms with E-state index in [-0.39, 0.29) is 6.61 Å². The number of aliphatic hydroxyl groups excluding tert-OH is 1. The lowest BCUT2D eigenvalue weighted by Crippen LogP contribution is -2.34. The molecule has 0 aliphatic carbocycles. The van der Waals surface area contributed by atoms with Gasteiger partial charge < -0.3 is 10.8 Å². The summed E-state index contributed by atoms with van der Waals surface area (Å²) in [6.07, 6.45) is 0.593. The Hall–Kier alpha value is -0.860. The molecule has 0 aliphatic heterocycles. The molecular formula is C12H19NO. The molecule has 14 heavy (non-hydrogen) atoms. The van der Waals surface area contributed by atoms with Crippen LogP contribution in [0, 0.1) is 13.8 Å². The highest BCUT2D eigenvalue weighted by Crippen LogP contribution is 2.23. The second-order valence-electron chi connectivity index (χ2n) is 4.19. The van der Waals surface area contributed by atoms with Crippen molar-refractivity contribution in [2.24, 2.45) is 5.73 Å². The van der Waals surface area contributed by atoms with Gasteiger partial charge in [-0.25, -0.2) is 0 Å². The normalized spacial score (nSPS) is 15.2. The van der Waals surface area contributed by atoms with Crippen molar-refractivity contribution in [2.45, 2.75) is 32.7 Å². The summed E-state index contributed by atoms with van der Waals surface area (Å²) in [5, 5.41) is 8.91. The fourth-order valence-corrected chi connectivity index (χ4v) is 1.47. The zero-order valence-corrected chi connectivity index (χ0v) is 9.17. The maximum atomic E-state index is 8.91. The van der Waals surface area contributed by atoms with Gasteiger partial charge in [-0.05, 0) is 43.9 Å². The molecule has 0 saturated heterocycles. The molecule has 0 bridgehead atoms. The largest absolute Gasteiger partial charge is 0.396 e. The first kappa shape index (κ1) is 11.2. The Morgan fingerprint density at radius 3 is 2.43 bits per heavy atom. The predicted molar refractivity (Wildman–Crippen MR) is 59.2 cm³/mol. The van der Waals surface area contributed by atoms with Crippen LogP contribution in [0.25, 0.3) is 0 Å². The van der Waals surface area contributed by atoms with Crippen molar-refractivity contribution in [3.8, 4) is 0 Å². The molecule has 3 N–H and O–H groups in total. The molecule has 0 fully saturated rings. The van der Waals surface area contributed by atoms with Gasteiger partial charge in [-0.1, -0.05) is 18.2 Å². The number of benzene rings is 1. The molecule has 0 aliphatic rings. The molecule has 1 aromatic carbocycles. The average molecular weight is 193 g/mol. The fourth-order valence-electron chi connectivity index (χ4n) is 1.47. The molecule has 0 unspecified atom stereocenters. The highest BCUT2D eigenvalue weighted by atomic mass is 16.3. The minimum atomic E-state index is -0.423. The van der Waals surface area contributed by atoms with Gasteiger partial charge in [0.2, 0.25) is 0 Å². The van der Waals surface area contributed by atoms with Crippen LogP contribution in [0.4, 0.5) is 0 Å². The van der Waals surface area contributed by atoms with Crippen molar-refractivity contribution >= 4 is 0 Å². The van der Waals surface area contributed by atoms with E-state index >= 15 is 0 Å². The summed E-state index contributed by atoms with van der Waals surface area (Å²) in [5.41, 5.74) is 9.30. The Kier molecular flexibility index (Phi) is 3.29. The molecule has 78 valence electrons. The molecule has 0 radical (unpaired) electrons. The van der Waals surface area contributed by atoms with Gasteiger partial charge in [0, 0.05) is 12.1 Å². The van der Waals surface area contributed by atoms with Gasteiger partial charge in [-0.2, -0.15) is 0 Å². The lowest BCUT2D eigenvalue weighted by atomic mass is 9.88. The molecule has 1 rings (SSSR count). The maximum absolute atomic E-state index is 8.91. The third-order valence-electron chi connectivity index (χ3n) is 2.80. The maximum Gasteiger partial charge on any atom is 0.0451 e. The van der Waals surface area contributed by atoms with E-state index in [1.807, 2.05) is 13.0 Å². The Morgan fingerprint density at radius 2 is 1.93 bits per heavy atom. The summed E-state index contributed by atoms with van der Waals surface area (Å²) in [6.45, 7) is 6.24. The summed E-state index contributed by atoms with van der Waals surface area (Å²) in [7, 11) is 0. The van der Waals surface area contributed by atoms with Crippen LogP contribution in [0.5, 0.6) is 0 Å². The van der Waals surface area contributed by atoms with Crippen LogP contribution in [0.3, 0.4) is 0 Å². The number of aryl methyl sites for hydroxylation is 2. The molecule has 1 atom stereocenters. The predicted octanol–water partition coefficient (Wildman–Crippen LogP) is 1.86. The second kappa shape index (κ2) is 4.11. The van der Waals surface area contributed by atoms with E-state index in [0.717, 1.165) is 5.56 Å². The molecule has 1 aromatic rings. The summed E-state index contributed by atoms with van der Waals surface area (Å²) in [6, 6.07) is 6.22. The highest BCUT2D eigenvalue weighted by molar-refractivity contribution is 5.33. The van der Waals surface area contributed by atoms with Gasteiger partial charge in [-0.15, -0.1) is 0 Å². The molecule has 0 spiro atoms. The van der Waals surface area contributed by atoms with Crippen molar-refractivity contribution < 1.29 is 5.11 Å². The first-order valence-electron chi connectivity index (χ1n) is 4.95. The Labute approximate surface area is 85.8 Å². The van der Waals surface area contributed by atoms with Gasteiger partial charge in [-0.3, -0.25) is 0 Å². The van der Waals surface area contributed by atoms with Crippen molar-refractivity contribution in [3.05, 3.63) is 34.9 Å². The number of hydrogen-bond donors (Lipinski definition) is 2. The van der Waals surface area contributed by atoms with E-state index < -0.39 is 5.54 Å². The zero-order chi connectivity index (χ0) is 10.8. The Bertz CT molecular complexity index is 318. The number of hydrogen-bond acceptors (Lipinski definition) is 2. The van der Waals surface area contributed by atoms with Crippen LogP contribution in [-0.4, -0.2) is 11.7 Å². The van der Waals surface area contributed by atoms with Crippen molar-refractivity contribution in [1.82, 2.24) is 0 Å². The number of nitrogens with two attached hydrogens (primary N) is 1. The van der Waals surface area contributed by atoms with E-state index in [9.17, 15) is 0 Å². The number of rotatable bonds is 3. The SMILES string of the molecule is Cc1ccc([C@@](C)(N)CCO)cc1C. The van der Waals surface area contributed by atoms with Crippen LogP contribution < -0.4 is 5.73 Å². The number of aliphatic hydroxyl groups is 1. The third kappa shape index (κ3) is 2.34. The Morgan fingerprint density at radius 1 is 1.29 bits per heavy atom. The first-order valence-corrected chi connectivity index (χ1v) is 4.95. The summed E-state index contributed by atoms with van der Waals surface area (Å²) < 4.78 is 0. The zero-order valence-electron chi connectivity index (χ0n) is 9.17. The molecule has 2 heteroatoms. The molecule has 0 aromatic heterocycles. The molecule has 2 nitrogen and oxygen atoms in total. The second-order valence-corrected chi connectivity index (χ2v) is 4.19. The van der Waals surface area contributed by atoms with Crippen LogP contribution in [0.1, 0.15) is 30.0 Å². The van der Waals surface area contributed by atoms with E-state index in [1.54, 1.807) is 0 Å². The van der Waals surface area contributed by atoms with Gasteiger partial charge in [0.05, 0.1) is 0 Å². The van der Waals surface area contributed by atoms with Crippen LogP contribution in [-0.2, 0) is 5.54 Å². The minimum Gasteiger partial charge on any atom is -0.396 e. The molecule has 0 saturated carbocycles. The summed E-state index contributed by atoms with van der Waals surface area (Å²) in [4.78, 5) is 0. The molecular weight excluding hydrogens is 174 g/mol. The van der Waals surface area contributed by atoms with Gasteiger partial charge in [0.25, 0.3) is 0 Å². The van der Waals surface area contributed by atoms with Crippen LogP contribution in [0.2, 0.25) is 0 Å². The van der Waals surface area contributed by atoms with Crippen molar-refractivity contribution in [1.29, 1.82) is 0 Å². The van der Waals surface area contributed by atoms with Gasteiger partial charge >= 0.3 is 0 Å². The third-order valence-corrected chi connectivity index (χ3v) is 2.80. The highest BCUT2D eigenvalue weighted by Gasteiger charge is 2.20. The molecule has 0 heterocycles. The standard InChI is InChI=1S/C12H19NO/c1-9-4-5-11(8-10(9)2)12(3,13)6-7-14/h4-5,8,14H,6-7,13H2,1-3H3/t12-/m0/s1. The summed E-state index contributed by atoms with van der Waals surface area (Å²) >= 11 is 0. The summed E-state index contributed by atoms with van der Waals surface area (Å²) in [5.74, 6) is 0. The van der Waals surface area contributed by atoms with E-state index in [4.69, 9.17) is 10.8 Å². The molecule has 0 amide bonds. The average Bonchev–Trinajstić information content (AvgIpc) is 2.09. The van der Waals surface area contributed by atoms with E-state index in [1.165, 1.54) is 11.1 Å². The van der Waals surface area contributed by atoms with E-state index in [0.29, 0.717) is 6.42 Å². The van der Waals surface area contributed by atoms with Crippen LogP contribution in [0.15, 0.2) is 18.2 Å². The monoisotopic (exact) mass is 193 g/mol. The first-order chi connectivity index (χ1) is 6.47. The minimum absolute atomic E-state index is 0.125. The van der Waals surface area contributed by atoms with Gasteiger partial charge in [0.1, 0.15) is 0 Å². The fraction of sp³-hybridized carbons (Fsp3) is 0.500. The van der Waals surface area contributed by atoms with E-state index in [2.05, 4.69) is 26.0 Å². The Balaban J connectivity index is 3.01. The lowest BCUT2D eigenvalue weighted by Gasteiger charge is -2.25. The smallest absolute Gasteiger partial charge is 0.0451 e. The lowest BCUT2D eigenvalue weighted by molar-refractivity contribution is 0.247. The van der Waals surface area contributed by atoms with Gasteiger partial charge in [0.15, 0.2) is 0 Å². The van der Waals surface area contributed by atoms with Crippen molar-refractivity contribution in [2.75, 3.05) is 6.61 Å². The van der Waals surface area contributed by atoms with Crippen LogP contribution >= 0.6 is 0 Å².